The molecule has 2 rings (SSSR count). The molecule has 20 heavy (non-hydrogen) atoms. The molecule has 0 radical (unpaired) electrons. The molecule has 0 aliphatic carbocycles. The molecule has 5 heteroatoms. The second-order valence-corrected chi connectivity index (χ2v) is 5.94. The number of piperidine rings is 1. The van der Waals surface area contributed by atoms with Crippen molar-refractivity contribution < 1.29 is 9.53 Å². The Morgan fingerprint density at radius 2 is 2.15 bits per heavy atom. The lowest BCUT2D eigenvalue weighted by Gasteiger charge is -2.42. The van der Waals surface area contributed by atoms with Crippen LogP contribution in [-0.2, 0) is 0 Å². The minimum Gasteiger partial charge on any atom is -0.495 e. The molecule has 0 aromatic heterocycles. The van der Waals surface area contributed by atoms with Crippen LogP contribution in [-0.4, -0.2) is 37.2 Å². The van der Waals surface area contributed by atoms with Crippen LogP contribution in [0.4, 0.5) is 10.5 Å². The first-order valence-corrected chi connectivity index (χ1v) is 6.88. The number of hydrogen-bond acceptors (Lipinski definition) is 3. The zero-order valence-corrected chi connectivity index (χ0v) is 12.3. The lowest BCUT2D eigenvalue weighted by atomic mass is 9.80. The van der Waals surface area contributed by atoms with E-state index < -0.39 is 0 Å². The van der Waals surface area contributed by atoms with E-state index in [0.717, 1.165) is 6.42 Å². The third-order valence-electron chi connectivity index (χ3n) is 3.95. The Morgan fingerprint density at radius 3 is 2.80 bits per heavy atom. The standard InChI is InChI=1S/C15H23N3O2/c1-15(2)10-18(9-8-13(15)16)14(19)17-11-6-4-5-7-12(11)20-3/h4-7,13H,8-10,16H2,1-3H3,(H,17,19). The SMILES string of the molecule is COc1ccccc1NC(=O)N1CCC(N)C(C)(C)C1. The lowest BCUT2D eigenvalue weighted by molar-refractivity contribution is 0.118. The van der Waals surface area contributed by atoms with Crippen molar-refractivity contribution in [3.8, 4) is 5.75 Å². The number of nitrogens with one attached hydrogen (secondary N) is 1. The van der Waals surface area contributed by atoms with Gasteiger partial charge in [0, 0.05) is 19.1 Å². The summed E-state index contributed by atoms with van der Waals surface area (Å²) >= 11 is 0. The van der Waals surface area contributed by atoms with Crippen LogP contribution in [0, 0.1) is 5.41 Å². The normalized spacial score (nSPS) is 21.4. The molecule has 5 nitrogen and oxygen atoms in total. The summed E-state index contributed by atoms with van der Waals surface area (Å²) in [6, 6.07) is 7.43. The smallest absolute Gasteiger partial charge is 0.321 e. The van der Waals surface area contributed by atoms with Crippen molar-refractivity contribution in [1.82, 2.24) is 4.90 Å². The Balaban J connectivity index is 2.05. The molecular formula is C15H23N3O2. The molecule has 3 N–H and O–H groups in total. The van der Waals surface area contributed by atoms with Crippen LogP contribution in [0.3, 0.4) is 0 Å². The number of para-hydroxylation sites is 2. The molecule has 110 valence electrons. The molecule has 1 aromatic carbocycles. The Kier molecular flexibility index (Phi) is 4.18. The fourth-order valence-electron chi connectivity index (χ4n) is 2.49. The largest absolute Gasteiger partial charge is 0.495 e. The van der Waals surface area contributed by atoms with E-state index in [4.69, 9.17) is 10.5 Å². The zero-order valence-electron chi connectivity index (χ0n) is 12.3. The van der Waals surface area contributed by atoms with Gasteiger partial charge in [-0.15, -0.1) is 0 Å². The van der Waals surface area contributed by atoms with Crippen molar-refractivity contribution in [2.24, 2.45) is 11.1 Å². The van der Waals surface area contributed by atoms with Crippen molar-refractivity contribution in [3.63, 3.8) is 0 Å². The number of ether oxygens (including phenoxy) is 1. The minimum atomic E-state index is -0.102. The van der Waals surface area contributed by atoms with Crippen LogP contribution < -0.4 is 15.8 Å². The molecule has 1 fully saturated rings. The van der Waals surface area contributed by atoms with Gasteiger partial charge >= 0.3 is 6.03 Å². The molecule has 0 spiro atoms. The number of methoxy groups -OCH3 is 1. The van der Waals surface area contributed by atoms with Crippen molar-refractivity contribution in [2.45, 2.75) is 26.3 Å². The summed E-state index contributed by atoms with van der Waals surface area (Å²) in [7, 11) is 1.59. The Bertz CT molecular complexity index is 488. The number of urea groups is 1. The number of carbonyl (C=O) groups excluding carboxylic acids is 1. The highest BCUT2D eigenvalue weighted by atomic mass is 16.5. The molecule has 1 heterocycles. The summed E-state index contributed by atoms with van der Waals surface area (Å²) in [5, 5.41) is 2.90. The van der Waals surface area contributed by atoms with Crippen molar-refractivity contribution in [3.05, 3.63) is 24.3 Å². The van der Waals surface area contributed by atoms with E-state index in [-0.39, 0.29) is 17.5 Å². The number of carbonyl (C=O) groups is 1. The Morgan fingerprint density at radius 1 is 1.45 bits per heavy atom. The highest BCUT2D eigenvalue weighted by Crippen LogP contribution is 2.29. The average molecular weight is 277 g/mol. The summed E-state index contributed by atoms with van der Waals surface area (Å²) in [6.45, 7) is 5.54. The van der Waals surface area contributed by atoms with Gasteiger partial charge in [-0.3, -0.25) is 0 Å². The molecule has 1 unspecified atom stereocenters. The number of nitrogens with two attached hydrogens (primary N) is 1. The summed E-state index contributed by atoms with van der Waals surface area (Å²) in [5.74, 6) is 0.661. The number of anilines is 1. The fraction of sp³-hybridized carbons (Fsp3) is 0.533. The fourth-order valence-corrected chi connectivity index (χ4v) is 2.49. The second kappa shape index (κ2) is 5.71. The maximum atomic E-state index is 12.3. The van der Waals surface area contributed by atoms with E-state index >= 15 is 0 Å². The molecule has 1 saturated heterocycles. The molecule has 0 saturated carbocycles. The number of nitrogens with zero attached hydrogens (tertiary/aromatic N) is 1. The molecule has 0 bridgehead atoms. The van der Waals surface area contributed by atoms with Crippen molar-refractivity contribution in [2.75, 3.05) is 25.5 Å². The topological polar surface area (TPSA) is 67.6 Å². The van der Waals surface area contributed by atoms with Gasteiger partial charge in [-0.1, -0.05) is 26.0 Å². The Hall–Kier alpha value is -1.75. The van der Waals surface area contributed by atoms with Gasteiger partial charge in [-0.05, 0) is 24.0 Å². The average Bonchev–Trinajstić information content (AvgIpc) is 2.42. The minimum absolute atomic E-state index is 0.0592. The monoisotopic (exact) mass is 277 g/mol. The second-order valence-electron chi connectivity index (χ2n) is 5.94. The quantitative estimate of drug-likeness (QED) is 0.871. The van der Waals surface area contributed by atoms with Crippen molar-refractivity contribution in [1.29, 1.82) is 0 Å². The van der Waals surface area contributed by atoms with Crippen LogP contribution in [0.15, 0.2) is 24.3 Å². The van der Waals surface area contributed by atoms with Gasteiger partial charge in [0.15, 0.2) is 0 Å². The number of hydrogen-bond donors (Lipinski definition) is 2. The highest BCUT2D eigenvalue weighted by molar-refractivity contribution is 5.91. The van der Waals surface area contributed by atoms with Crippen LogP contribution in [0.2, 0.25) is 0 Å². The van der Waals surface area contributed by atoms with Crippen LogP contribution in [0.25, 0.3) is 0 Å². The lowest BCUT2D eigenvalue weighted by Crippen LogP contribution is -2.54. The first kappa shape index (κ1) is 14.7. The van der Waals surface area contributed by atoms with Gasteiger partial charge in [0.2, 0.25) is 0 Å². The maximum Gasteiger partial charge on any atom is 0.321 e. The van der Waals surface area contributed by atoms with Gasteiger partial charge in [-0.2, -0.15) is 0 Å². The first-order valence-electron chi connectivity index (χ1n) is 6.88. The molecule has 1 aromatic rings. The van der Waals surface area contributed by atoms with Gasteiger partial charge in [-0.25, -0.2) is 4.79 Å². The van der Waals surface area contributed by atoms with E-state index in [1.807, 2.05) is 29.2 Å². The molecule has 1 aliphatic heterocycles. The van der Waals surface area contributed by atoms with E-state index in [9.17, 15) is 4.79 Å². The van der Waals surface area contributed by atoms with Gasteiger partial charge in [0.05, 0.1) is 12.8 Å². The van der Waals surface area contributed by atoms with Gasteiger partial charge in [0.25, 0.3) is 0 Å². The zero-order chi connectivity index (χ0) is 14.8. The summed E-state index contributed by atoms with van der Waals surface area (Å²) in [5.41, 5.74) is 6.72. The van der Waals surface area contributed by atoms with Crippen LogP contribution in [0.1, 0.15) is 20.3 Å². The number of benzene rings is 1. The predicted molar refractivity (Wildman–Crippen MR) is 80.0 cm³/mol. The van der Waals surface area contributed by atoms with E-state index in [1.165, 1.54) is 0 Å². The highest BCUT2D eigenvalue weighted by Gasteiger charge is 2.35. The summed E-state index contributed by atoms with van der Waals surface area (Å²) < 4.78 is 5.24. The number of likely N-dealkylation sites (tertiary alicyclic amines) is 1. The molecule has 1 atom stereocenters. The third kappa shape index (κ3) is 3.04. The molecular weight excluding hydrogens is 254 g/mol. The molecule has 2 amide bonds. The third-order valence-corrected chi connectivity index (χ3v) is 3.95. The van der Waals surface area contributed by atoms with Gasteiger partial charge < -0.3 is 20.7 Å². The van der Waals surface area contributed by atoms with Crippen LogP contribution in [0.5, 0.6) is 5.75 Å². The van der Waals surface area contributed by atoms with E-state index in [2.05, 4.69) is 19.2 Å². The van der Waals surface area contributed by atoms with E-state index in [1.54, 1.807) is 7.11 Å². The predicted octanol–water partition coefficient (Wildman–Crippen LogP) is 2.29. The van der Waals surface area contributed by atoms with E-state index in [0.29, 0.717) is 24.5 Å². The Labute approximate surface area is 120 Å². The van der Waals surface area contributed by atoms with Crippen molar-refractivity contribution >= 4 is 11.7 Å². The summed E-state index contributed by atoms with van der Waals surface area (Å²) in [6.07, 6.45) is 0.826. The molecule has 1 aliphatic rings. The van der Waals surface area contributed by atoms with Crippen LogP contribution >= 0.6 is 0 Å². The summed E-state index contributed by atoms with van der Waals surface area (Å²) in [4.78, 5) is 14.2. The van der Waals surface area contributed by atoms with Gasteiger partial charge in [0.1, 0.15) is 5.75 Å². The first-order chi connectivity index (χ1) is 9.44. The number of amides is 2. The number of rotatable bonds is 2. The maximum absolute atomic E-state index is 12.3.